The SMILES string of the molecule is CC(C)(C)OC(=O)N1CCC[C@@H](Nc2ncc3cc(F)ccc3n2)C1. The molecule has 1 saturated heterocycles. The van der Waals surface area contributed by atoms with Crippen LogP contribution in [0, 0.1) is 5.82 Å². The van der Waals surface area contributed by atoms with E-state index in [1.165, 1.54) is 12.1 Å². The summed E-state index contributed by atoms with van der Waals surface area (Å²) in [6.45, 7) is 6.80. The molecule has 2 aromatic rings. The van der Waals surface area contributed by atoms with E-state index in [1.807, 2.05) is 20.8 Å². The number of likely N-dealkylation sites (tertiary alicyclic amines) is 1. The van der Waals surface area contributed by atoms with E-state index in [9.17, 15) is 9.18 Å². The summed E-state index contributed by atoms with van der Waals surface area (Å²) in [5.74, 6) is 0.173. The van der Waals surface area contributed by atoms with Crippen LogP contribution >= 0.6 is 0 Å². The van der Waals surface area contributed by atoms with Gasteiger partial charge in [-0.1, -0.05) is 0 Å². The van der Waals surface area contributed by atoms with Gasteiger partial charge < -0.3 is 15.0 Å². The van der Waals surface area contributed by atoms with Crippen molar-refractivity contribution in [2.75, 3.05) is 18.4 Å². The van der Waals surface area contributed by atoms with Crippen LogP contribution in [0.3, 0.4) is 0 Å². The number of halogens is 1. The van der Waals surface area contributed by atoms with Crippen LogP contribution in [0.2, 0.25) is 0 Å². The first kappa shape index (κ1) is 17.4. The van der Waals surface area contributed by atoms with Crippen LogP contribution in [0.15, 0.2) is 24.4 Å². The number of nitrogens with one attached hydrogen (secondary N) is 1. The number of rotatable bonds is 2. The number of hydrogen-bond donors (Lipinski definition) is 1. The van der Waals surface area contributed by atoms with E-state index in [4.69, 9.17) is 4.74 Å². The zero-order chi connectivity index (χ0) is 18.0. The van der Waals surface area contributed by atoms with Crippen LogP contribution < -0.4 is 5.32 Å². The summed E-state index contributed by atoms with van der Waals surface area (Å²) in [4.78, 5) is 22.6. The first-order chi connectivity index (χ1) is 11.8. The molecule has 1 aliphatic rings. The lowest BCUT2D eigenvalue weighted by molar-refractivity contribution is 0.0206. The van der Waals surface area contributed by atoms with Crippen molar-refractivity contribution in [2.24, 2.45) is 0 Å². The second-order valence-corrected chi connectivity index (χ2v) is 7.31. The number of carbonyl (C=O) groups is 1. The maximum Gasteiger partial charge on any atom is 0.410 e. The predicted octanol–water partition coefficient (Wildman–Crippen LogP) is 3.58. The fraction of sp³-hybridized carbons (Fsp3) is 0.500. The third kappa shape index (κ3) is 4.55. The van der Waals surface area contributed by atoms with E-state index < -0.39 is 5.60 Å². The molecule has 7 heteroatoms. The molecule has 1 N–H and O–H groups in total. The molecule has 0 spiro atoms. The minimum atomic E-state index is -0.506. The summed E-state index contributed by atoms with van der Waals surface area (Å²) < 4.78 is 18.7. The lowest BCUT2D eigenvalue weighted by Gasteiger charge is -2.34. The highest BCUT2D eigenvalue weighted by Crippen LogP contribution is 2.19. The van der Waals surface area contributed by atoms with Gasteiger partial charge in [-0.15, -0.1) is 0 Å². The molecule has 0 radical (unpaired) electrons. The Hall–Kier alpha value is -2.44. The number of ether oxygens (including phenoxy) is 1. The van der Waals surface area contributed by atoms with Gasteiger partial charge >= 0.3 is 6.09 Å². The largest absolute Gasteiger partial charge is 0.444 e. The van der Waals surface area contributed by atoms with Gasteiger partial charge in [0.15, 0.2) is 0 Å². The topological polar surface area (TPSA) is 67.3 Å². The monoisotopic (exact) mass is 346 g/mol. The van der Waals surface area contributed by atoms with Crippen LogP contribution in [0.1, 0.15) is 33.6 Å². The molecule has 1 aliphatic heterocycles. The highest BCUT2D eigenvalue weighted by Gasteiger charge is 2.27. The number of benzene rings is 1. The van der Waals surface area contributed by atoms with Crippen molar-refractivity contribution >= 4 is 22.9 Å². The Morgan fingerprint density at radius 2 is 2.20 bits per heavy atom. The Bertz CT molecular complexity index is 775. The van der Waals surface area contributed by atoms with E-state index in [-0.39, 0.29) is 18.0 Å². The summed E-state index contributed by atoms with van der Waals surface area (Å²) in [7, 11) is 0. The number of aromatic nitrogens is 2. The Balaban J connectivity index is 1.66. The van der Waals surface area contributed by atoms with Gasteiger partial charge in [-0.2, -0.15) is 0 Å². The smallest absolute Gasteiger partial charge is 0.410 e. The van der Waals surface area contributed by atoms with E-state index >= 15 is 0 Å². The molecular formula is C18H23FN4O2. The molecule has 1 amide bonds. The van der Waals surface area contributed by atoms with Gasteiger partial charge in [-0.3, -0.25) is 0 Å². The predicted molar refractivity (Wildman–Crippen MR) is 93.9 cm³/mol. The standard InChI is InChI=1S/C18H23FN4O2/c1-18(2,3)25-17(24)23-8-4-5-14(11-23)21-16-20-10-12-9-13(19)6-7-15(12)22-16/h6-7,9-10,14H,4-5,8,11H2,1-3H3,(H,20,21,22)/t14-/m1/s1. The molecular weight excluding hydrogens is 323 g/mol. The number of piperidine rings is 1. The number of fused-ring (bicyclic) bond motifs is 1. The summed E-state index contributed by atoms with van der Waals surface area (Å²) in [5.41, 5.74) is 0.174. The molecule has 0 bridgehead atoms. The number of hydrogen-bond acceptors (Lipinski definition) is 5. The third-order valence-electron chi connectivity index (χ3n) is 3.95. The number of carbonyl (C=O) groups excluding carboxylic acids is 1. The maximum atomic E-state index is 13.2. The molecule has 3 rings (SSSR count). The average Bonchev–Trinajstić information content (AvgIpc) is 2.54. The van der Waals surface area contributed by atoms with E-state index in [0.29, 0.717) is 29.9 Å². The normalized spacial score (nSPS) is 18.2. The summed E-state index contributed by atoms with van der Waals surface area (Å²) in [6, 6.07) is 4.47. The lowest BCUT2D eigenvalue weighted by Crippen LogP contribution is -2.47. The molecule has 6 nitrogen and oxygen atoms in total. The van der Waals surface area contributed by atoms with Gasteiger partial charge in [0.2, 0.25) is 5.95 Å². The Kier molecular flexibility index (Phi) is 4.74. The highest BCUT2D eigenvalue weighted by atomic mass is 19.1. The van der Waals surface area contributed by atoms with Crippen LogP contribution in [0.25, 0.3) is 10.9 Å². The van der Waals surface area contributed by atoms with Crippen molar-refractivity contribution in [1.82, 2.24) is 14.9 Å². The maximum absolute atomic E-state index is 13.2. The molecule has 1 aromatic carbocycles. The van der Waals surface area contributed by atoms with Crippen LogP contribution in [0.4, 0.5) is 15.1 Å². The zero-order valence-corrected chi connectivity index (χ0v) is 14.8. The number of amides is 1. The summed E-state index contributed by atoms with van der Waals surface area (Å²) >= 11 is 0. The highest BCUT2D eigenvalue weighted by molar-refractivity contribution is 5.78. The molecule has 25 heavy (non-hydrogen) atoms. The second-order valence-electron chi connectivity index (χ2n) is 7.31. The molecule has 0 aliphatic carbocycles. The van der Waals surface area contributed by atoms with Crippen LogP contribution in [0.5, 0.6) is 0 Å². The molecule has 1 aromatic heterocycles. The van der Waals surface area contributed by atoms with Crippen LogP contribution in [-0.2, 0) is 4.74 Å². The average molecular weight is 346 g/mol. The van der Waals surface area contributed by atoms with E-state index in [2.05, 4.69) is 15.3 Å². The molecule has 0 saturated carbocycles. The minimum Gasteiger partial charge on any atom is -0.444 e. The quantitative estimate of drug-likeness (QED) is 0.900. The molecule has 134 valence electrons. The van der Waals surface area contributed by atoms with Gasteiger partial charge in [-0.05, 0) is 51.8 Å². The van der Waals surface area contributed by atoms with Gasteiger partial charge in [-0.25, -0.2) is 19.2 Å². The van der Waals surface area contributed by atoms with Gasteiger partial charge in [0.1, 0.15) is 11.4 Å². The molecule has 1 fully saturated rings. The fourth-order valence-electron chi connectivity index (χ4n) is 2.84. The third-order valence-corrected chi connectivity index (χ3v) is 3.95. The van der Waals surface area contributed by atoms with Crippen molar-refractivity contribution in [1.29, 1.82) is 0 Å². The van der Waals surface area contributed by atoms with Gasteiger partial charge in [0, 0.05) is 30.7 Å². The zero-order valence-electron chi connectivity index (χ0n) is 14.8. The lowest BCUT2D eigenvalue weighted by atomic mass is 10.1. The molecule has 0 unspecified atom stereocenters. The second kappa shape index (κ2) is 6.82. The minimum absolute atomic E-state index is 0.0548. The molecule has 1 atom stereocenters. The summed E-state index contributed by atoms with van der Waals surface area (Å²) in [6.07, 6.45) is 3.11. The van der Waals surface area contributed by atoms with Crippen molar-refractivity contribution in [3.8, 4) is 0 Å². The van der Waals surface area contributed by atoms with E-state index in [1.54, 1.807) is 17.2 Å². The van der Waals surface area contributed by atoms with Crippen molar-refractivity contribution in [3.63, 3.8) is 0 Å². The Labute approximate surface area is 146 Å². The molecule has 2 heterocycles. The van der Waals surface area contributed by atoms with Gasteiger partial charge in [0.25, 0.3) is 0 Å². The fourth-order valence-corrected chi connectivity index (χ4v) is 2.84. The first-order valence-corrected chi connectivity index (χ1v) is 8.47. The Morgan fingerprint density at radius 3 is 2.96 bits per heavy atom. The first-order valence-electron chi connectivity index (χ1n) is 8.47. The van der Waals surface area contributed by atoms with Crippen molar-refractivity contribution in [3.05, 3.63) is 30.2 Å². The number of anilines is 1. The van der Waals surface area contributed by atoms with Gasteiger partial charge in [0.05, 0.1) is 5.52 Å². The van der Waals surface area contributed by atoms with E-state index in [0.717, 1.165) is 12.8 Å². The van der Waals surface area contributed by atoms with Crippen molar-refractivity contribution in [2.45, 2.75) is 45.3 Å². The van der Waals surface area contributed by atoms with Crippen LogP contribution in [-0.4, -0.2) is 45.7 Å². The Morgan fingerprint density at radius 1 is 1.40 bits per heavy atom. The summed E-state index contributed by atoms with van der Waals surface area (Å²) in [5, 5.41) is 3.93. The van der Waals surface area contributed by atoms with Crippen molar-refractivity contribution < 1.29 is 13.9 Å². The number of nitrogens with zero attached hydrogens (tertiary/aromatic N) is 3.